The van der Waals surface area contributed by atoms with Crippen LogP contribution in [0.2, 0.25) is 3.34 Å². The molecule has 0 fully saturated rings. The molecule has 1 unspecified atom stereocenters. The topological polar surface area (TPSA) is 0 Å². The minimum Gasteiger partial charge on any atom is -1.00 e. The van der Waals surface area contributed by atoms with Gasteiger partial charge in [-0.15, -0.1) is 0 Å². The van der Waals surface area contributed by atoms with E-state index in [0.717, 1.165) is 6.42 Å². The Morgan fingerprint density at radius 1 is 0.479 bits per heavy atom. The van der Waals surface area contributed by atoms with Crippen LogP contribution in [0.15, 0.2) is 78.4 Å². The molecule has 1 aliphatic carbocycles. The molecule has 1 aliphatic rings. The van der Waals surface area contributed by atoms with Gasteiger partial charge in [0.25, 0.3) is 0 Å². The predicted molar refractivity (Wildman–Crippen MR) is 199 cm³/mol. The molecule has 0 aromatic heterocycles. The third kappa shape index (κ3) is 8.52. The minimum absolute atomic E-state index is 0. The standard InChI is InChI=1S/C43H59Si.3ClH.Ti/c1-14-33-16-15-17-43(33)44(40-21-34(27(2)3)18-35(22-40)28(4)5,41-23-36(29(6)7)19-37(24-41)30(8)9)42-25-38(31(10)11)20-39(26-42)32(12)13;;;;/h15-32H,14H2,1-13H3;3*1H;/q;;;;+3/p-3. The molecule has 3 aromatic carbocycles. The Morgan fingerprint density at radius 3 is 0.938 bits per heavy atom. The van der Waals surface area contributed by atoms with Crippen molar-refractivity contribution in [1.82, 2.24) is 0 Å². The molecule has 48 heavy (non-hydrogen) atoms. The Balaban J connectivity index is 0.00000384. The quantitative estimate of drug-likeness (QED) is 0.208. The van der Waals surface area contributed by atoms with Crippen LogP contribution in [0.1, 0.15) is 165 Å². The van der Waals surface area contributed by atoms with Gasteiger partial charge in [0.1, 0.15) is 0 Å². The van der Waals surface area contributed by atoms with E-state index in [1.165, 1.54) is 33.4 Å². The van der Waals surface area contributed by atoms with E-state index in [9.17, 15) is 0 Å². The number of benzene rings is 3. The van der Waals surface area contributed by atoms with Crippen LogP contribution in [0.4, 0.5) is 0 Å². The summed E-state index contributed by atoms with van der Waals surface area (Å²) >= 11 is 2.60. The Labute approximate surface area is 326 Å². The van der Waals surface area contributed by atoms with Crippen molar-refractivity contribution >= 4 is 23.6 Å². The number of allylic oxidation sites excluding steroid dienone is 4. The first kappa shape index (κ1) is 45.0. The maximum absolute atomic E-state index is 2.82. The summed E-state index contributed by atoms with van der Waals surface area (Å²) in [6, 6.07) is 23.3. The van der Waals surface area contributed by atoms with Crippen molar-refractivity contribution in [3.63, 3.8) is 0 Å². The van der Waals surface area contributed by atoms with E-state index in [-0.39, 0.29) is 40.6 Å². The van der Waals surface area contributed by atoms with Crippen LogP contribution in [-0.2, 0) is 20.4 Å². The minimum atomic E-state index is -2.82. The average molecular weight is 758 g/mol. The molecule has 0 amide bonds. The third-order valence-electron chi connectivity index (χ3n) is 10.4. The van der Waals surface area contributed by atoms with Crippen LogP contribution >= 0.6 is 0 Å². The number of halogens is 3. The molecule has 5 heteroatoms. The van der Waals surface area contributed by atoms with Crippen LogP contribution in [0, 0.1) is 0 Å². The molecule has 0 saturated carbocycles. The summed E-state index contributed by atoms with van der Waals surface area (Å²) < 4.78 is -0.112. The average Bonchev–Trinajstić information content (AvgIpc) is 3.38. The fraction of sp³-hybridized carbons (Fsp3) is 0.488. The summed E-state index contributed by atoms with van der Waals surface area (Å²) in [7, 11) is -2.82. The smallest absolute Gasteiger partial charge is 1.00 e. The molecule has 0 N–H and O–H groups in total. The van der Waals surface area contributed by atoms with Crippen molar-refractivity contribution in [2.75, 3.05) is 0 Å². The van der Waals surface area contributed by atoms with E-state index >= 15 is 0 Å². The first-order chi connectivity index (χ1) is 21.1. The molecule has 0 bridgehead atoms. The molecule has 0 aliphatic heterocycles. The van der Waals surface area contributed by atoms with Gasteiger partial charge >= 0.3 is 291 Å². The largest absolute Gasteiger partial charge is 1.00 e. The second-order valence-corrected chi connectivity index (χ2v) is 21.6. The zero-order valence-corrected chi connectivity index (χ0v) is 36.6. The molecule has 3 aromatic rings. The molecule has 4 rings (SSSR count). The molecule has 260 valence electrons. The van der Waals surface area contributed by atoms with Crippen LogP contribution in [0.25, 0.3) is 0 Å². The SMILES string of the molecule is CCC1=CC=C[C]1([Ti+3])[Si](c1cc(C(C)C)cc(C(C)C)c1)(c1cc(C(C)C)cc(C(C)C)c1)c1cc(C(C)C)cc(C(C)C)c1.[Cl-].[Cl-].[Cl-]. The molecule has 0 saturated heterocycles. The van der Waals surface area contributed by atoms with Crippen molar-refractivity contribution < 1.29 is 57.7 Å². The van der Waals surface area contributed by atoms with Gasteiger partial charge in [-0.2, -0.15) is 0 Å². The number of hydrogen-bond acceptors (Lipinski definition) is 0. The van der Waals surface area contributed by atoms with Gasteiger partial charge in [0.05, 0.1) is 0 Å². The van der Waals surface area contributed by atoms with E-state index in [1.54, 1.807) is 21.1 Å². The van der Waals surface area contributed by atoms with Gasteiger partial charge in [0.2, 0.25) is 0 Å². The van der Waals surface area contributed by atoms with E-state index in [2.05, 4.69) is 183 Å². The summed E-state index contributed by atoms with van der Waals surface area (Å²) in [4.78, 5) is 0. The Kier molecular flexibility index (Phi) is 16.8. The van der Waals surface area contributed by atoms with E-state index in [0.29, 0.717) is 35.5 Å². The van der Waals surface area contributed by atoms with Gasteiger partial charge in [-0.25, -0.2) is 0 Å². The van der Waals surface area contributed by atoms with Crippen molar-refractivity contribution in [3.05, 3.63) is 112 Å². The fourth-order valence-electron chi connectivity index (χ4n) is 7.17. The second kappa shape index (κ2) is 17.9. The van der Waals surface area contributed by atoms with Gasteiger partial charge in [-0.1, -0.05) is 0 Å². The molecular weight excluding hydrogens is 699 g/mol. The maximum Gasteiger partial charge on any atom is -1.00 e. The first-order valence-electron chi connectivity index (χ1n) is 17.7. The monoisotopic (exact) mass is 756 g/mol. The summed E-state index contributed by atoms with van der Waals surface area (Å²) in [5.41, 5.74) is 10.4. The van der Waals surface area contributed by atoms with E-state index in [1.807, 2.05) is 0 Å². The Hall–Kier alpha value is -1.06. The zero-order valence-electron chi connectivity index (χ0n) is 31.7. The van der Waals surface area contributed by atoms with E-state index in [4.69, 9.17) is 0 Å². The first-order valence-corrected chi connectivity index (χ1v) is 20.4. The zero-order chi connectivity index (χ0) is 33.4. The van der Waals surface area contributed by atoms with Crippen molar-refractivity contribution in [2.45, 2.75) is 135 Å². The van der Waals surface area contributed by atoms with Gasteiger partial charge in [0, 0.05) is 0 Å². The molecule has 0 heterocycles. The van der Waals surface area contributed by atoms with Gasteiger partial charge < -0.3 is 37.2 Å². The number of hydrogen-bond donors (Lipinski definition) is 0. The summed E-state index contributed by atoms with van der Waals surface area (Å²) in [6.07, 6.45) is 8.48. The summed E-state index contributed by atoms with van der Waals surface area (Å²) in [5, 5.41) is 4.70. The van der Waals surface area contributed by atoms with E-state index < -0.39 is 8.07 Å². The van der Waals surface area contributed by atoms with Gasteiger partial charge in [-0.05, 0) is 0 Å². The normalized spacial score (nSPS) is 16.1. The van der Waals surface area contributed by atoms with Crippen LogP contribution in [0.3, 0.4) is 0 Å². The maximum atomic E-state index is 2.64. The van der Waals surface area contributed by atoms with Crippen LogP contribution in [-0.4, -0.2) is 8.07 Å². The molecule has 0 spiro atoms. The fourth-order valence-corrected chi connectivity index (χ4v) is 15.5. The van der Waals surface area contributed by atoms with Crippen molar-refractivity contribution in [2.24, 2.45) is 0 Å². The van der Waals surface area contributed by atoms with Gasteiger partial charge in [-0.3, -0.25) is 0 Å². The number of rotatable bonds is 11. The van der Waals surface area contributed by atoms with Crippen molar-refractivity contribution in [1.29, 1.82) is 0 Å². The molecule has 1 atom stereocenters. The van der Waals surface area contributed by atoms with Crippen LogP contribution < -0.4 is 52.8 Å². The Bertz CT molecular complexity index is 1350. The van der Waals surface area contributed by atoms with Crippen molar-refractivity contribution in [3.8, 4) is 0 Å². The summed E-state index contributed by atoms with van der Waals surface area (Å²) in [6.45, 7) is 30.8. The molecule has 0 nitrogen and oxygen atoms in total. The molecule has 0 radical (unpaired) electrons. The summed E-state index contributed by atoms with van der Waals surface area (Å²) in [5.74, 6) is 2.77. The Morgan fingerprint density at radius 2 is 0.729 bits per heavy atom. The van der Waals surface area contributed by atoms with Crippen LogP contribution in [0.5, 0.6) is 0 Å². The van der Waals surface area contributed by atoms with Gasteiger partial charge in [0.15, 0.2) is 0 Å². The molecular formula is C43H59Cl3SiTi. The second-order valence-electron chi connectivity index (χ2n) is 15.6. The third-order valence-corrected chi connectivity index (χ3v) is 18.0. The predicted octanol–water partition coefficient (Wildman–Crippen LogP) is 2.06.